The number of nitrogens with two attached hydrogens (primary N) is 1. The van der Waals surface area contributed by atoms with Gasteiger partial charge in [-0.2, -0.15) is 0 Å². The lowest BCUT2D eigenvalue weighted by atomic mass is 10.1. The van der Waals surface area contributed by atoms with Gasteiger partial charge in [-0.05, 0) is 47.0 Å². The molecule has 0 amide bonds. The molecule has 0 bridgehead atoms. The van der Waals surface area contributed by atoms with Crippen molar-refractivity contribution in [2.75, 3.05) is 24.3 Å². The van der Waals surface area contributed by atoms with Crippen LogP contribution in [0.4, 0.5) is 11.4 Å². The standard InChI is InChI=1S/C14H16BrN3O/c15-9-7-11-12(16)1-2-13(14(11)17-8-9)18-10-3-5-19-6-4-10/h1-2,7-8,10,18H,3-6,16H2. The number of nitrogens with one attached hydrogen (secondary N) is 1. The summed E-state index contributed by atoms with van der Waals surface area (Å²) in [6, 6.07) is 6.39. The maximum absolute atomic E-state index is 6.02. The molecule has 3 rings (SSSR count). The van der Waals surface area contributed by atoms with Crippen molar-refractivity contribution < 1.29 is 4.74 Å². The molecule has 1 fully saturated rings. The minimum Gasteiger partial charge on any atom is -0.398 e. The van der Waals surface area contributed by atoms with Gasteiger partial charge in [0.15, 0.2) is 0 Å². The van der Waals surface area contributed by atoms with Crippen LogP contribution in [0.25, 0.3) is 10.9 Å². The summed E-state index contributed by atoms with van der Waals surface area (Å²) in [7, 11) is 0. The number of hydrogen-bond donors (Lipinski definition) is 2. The molecule has 2 aromatic rings. The average molecular weight is 322 g/mol. The molecule has 1 aromatic carbocycles. The number of nitrogens with zero attached hydrogens (tertiary/aromatic N) is 1. The molecule has 5 heteroatoms. The number of fused-ring (bicyclic) bond motifs is 1. The normalized spacial score (nSPS) is 16.7. The van der Waals surface area contributed by atoms with Crippen LogP contribution in [-0.4, -0.2) is 24.2 Å². The molecule has 0 radical (unpaired) electrons. The molecule has 0 atom stereocenters. The molecular weight excluding hydrogens is 306 g/mol. The van der Waals surface area contributed by atoms with Gasteiger partial charge < -0.3 is 15.8 Å². The Morgan fingerprint density at radius 3 is 2.89 bits per heavy atom. The third-order valence-corrected chi connectivity index (χ3v) is 3.86. The maximum atomic E-state index is 6.02. The van der Waals surface area contributed by atoms with Gasteiger partial charge in [0, 0.05) is 41.0 Å². The molecular formula is C14H16BrN3O. The van der Waals surface area contributed by atoms with Gasteiger partial charge in [0.2, 0.25) is 0 Å². The summed E-state index contributed by atoms with van der Waals surface area (Å²) in [5, 5.41) is 4.54. The van der Waals surface area contributed by atoms with E-state index < -0.39 is 0 Å². The summed E-state index contributed by atoms with van der Waals surface area (Å²) >= 11 is 3.43. The predicted molar refractivity (Wildman–Crippen MR) is 81.3 cm³/mol. The van der Waals surface area contributed by atoms with Crippen LogP contribution in [0.5, 0.6) is 0 Å². The summed E-state index contributed by atoms with van der Waals surface area (Å²) in [6.07, 6.45) is 3.86. The monoisotopic (exact) mass is 321 g/mol. The van der Waals surface area contributed by atoms with Crippen molar-refractivity contribution in [1.82, 2.24) is 4.98 Å². The van der Waals surface area contributed by atoms with Gasteiger partial charge in [-0.25, -0.2) is 0 Å². The summed E-state index contributed by atoms with van der Waals surface area (Å²) in [5.74, 6) is 0. The Hall–Kier alpha value is -1.33. The van der Waals surface area contributed by atoms with Crippen LogP contribution in [0.1, 0.15) is 12.8 Å². The van der Waals surface area contributed by atoms with E-state index in [0.29, 0.717) is 6.04 Å². The van der Waals surface area contributed by atoms with E-state index in [9.17, 15) is 0 Å². The Morgan fingerprint density at radius 1 is 1.32 bits per heavy atom. The summed E-state index contributed by atoms with van der Waals surface area (Å²) in [5.41, 5.74) is 8.74. The van der Waals surface area contributed by atoms with Crippen LogP contribution in [0.3, 0.4) is 0 Å². The first-order chi connectivity index (χ1) is 9.24. The van der Waals surface area contributed by atoms with Crippen LogP contribution in [-0.2, 0) is 4.74 Å². The summed E-state index contributed by atoms with van der Waals surface area (Å²) in [6.45, 7) is 1.65. The minimum atomic E-state index is 0.450. The van der Waals surface area contributed by atoms with E-state index in [1.54, 1.807) is 6.20 Å². The molecule has 1 aliphatic heterocycles. The highest BCUT2D eigenvalue weighted by Crippen LogP contribution is 2.30. The molecule has 0 aliphatic carbocycles. The van der Waals surface area contributed by atoms with Crippen LogP contribution >= 0.6 is 15.9 Å². The highest BCUT2D eigenvalue weighted by atomic mass is 79.9. The number of hydrogen-bond acceptors (Lipinski definition) is 4. The fourth-order valence-corrected chi connectivity index (χ4v) is 2.73. The summed E-state index contributed by atoms with van der Waals surface area (Å²) in [4.78, 5) is 4.49. The van der Waals surface area contributed by atoms with E-state index in [1.807, 2.05) is 18.2 Å². The Bertz CT molecular complexity index is 597. The maximum Gasteiger partial charge on any atom is 0.0954 e. The minimum absolute atomic E-state index is 0.450. The van der Waals surface area contributed by atoms with Crippen molar-refractivity contribution in [2.24, 2.45) is 0 Å². The number of rotatable bonds is 2. The highest BCUT2D eigenvalue weighted by Gasteiger charge is 2.15. The van der Waals surface area contributed by atoms with Gasteiger partial charge in [-0.15, -0.1) is 0 Å². The van der Waals surface area contributed by atoms with Crippen molar-refractivity contribution in [2.45, 2.75) is 18.9 Å². The van der Waals surface area contributed by atoms with Gasteiger partial charge in [-0.1, -0.05) is 0 Å². The third kappa shape index (κ3) is 2.67. The van der Waals surface area contributed by atoms with Crippen molar-refractivity contribution in [3.63, 3.8) is 0 Å². The molecule has 3 N–H and O–H groups in total. The second-order valence-corrected chi connectivity index (χ2v) is 5.70. The number of nitrogen functional groups attached to an aromatic ring is 1. The van der Waals surface area contributed by atoms with Crippen LogP contribution < -0.4 is 11.1 Å². The van der Waals surface area contributed by atoms with Crippen molar-refractivity contribution in [3.8, 4) is 0 Å². The Balaban J connectivity index is 1.96. The second-order valence-electron chi connectivity index (χ2n) is 4.78. The Labute approximate surface area is 120 Å². The van der Waals surface area contributed by atoms with Crippen LogP contribution in [0.15, 0.2) is 28.9 Å². The molecule has 4 nitrogen and oxygen atoms in total. The molecule has 1 aliphatic rings. The molecule has 0 unspecified atom stereocenters. The average Bonchev–Trinajstić information content (AvgIpc) is 2.43. The van der Waals surface area contributed by atoms with Gasteiger partial charge >= 0.3 is 0 Å². The zero-order valence-electron chi connectivity index (χ0n) is 10.5. The Kier molecular flexibility index (Phi) is 3.57. The molecule has 2 heterocycles. The van der Waals surface area contributed by atoms with E-state index in [0.717, 1.165) is 52.8 Å². The first-order valence-electron chi connectivity index (χ1n) is 6.42. The van der Waals surface area contributed by atoms with Crippen molar-refractivity contribution in [3.05, 3.63) is 28.9 Å². The number of pyridine rings is 1. The van der Waals surface area contributed by atoms with E-state index >= 15 is 0 Å². The van der Waals surface area contributed by atoms with Gasteiger partial charge in [0.1, 0.15) is 0 Å². The number of ether oxygens (including phenoxy) is 1. The number of halogens is 1. The molecule has 0 spiro atoms. The van der Waals surface area contributed by atoms with Crippen molar-refractivity contribution in [1.29, 1.82) is 0 Å². The fraction of sp³-hybridized carbons (Fsp3) is 0.357. The van der Waals surface area contributed by atoms with E-state index in [-0.39, 0.29) is 0 Å². The van der Waals surface area contributed by atoms with Crippen molar-refractivity contribution >= 4 is 38.2 Å². The number of aromatic nitrogens is 1. The zero-order valence-corrected chi connectivity index (χ0v) is 12.1. The van der Waals surface area contributed by atoms with E-state index in [4.69, 9.17) is 10.5 Å². The van der Waals surface area contributed by atoms with Gasteiger partial charge in [0.25, 0.3) is 0 Å². The lowest BCUT2D eigenvalue weighted by Crippen LogP contribution is -2.27. The zero-order chi connectivity index (χ0) is 13.2. The summed E-state index contributed by atoms with van der Waals surface area (Å²) < 4.78 is 6.32. The topological polar surface area (TPSA) is 60.2 Å². The predicted octanol–water partition coefficient (Wildman–Crippen LogP) is 3.17. The molecule has 0 saturated carbocycles. The fourth-order valence-electron chi connectivity index (χ4n) is 2.39. The lowest BCUT2D eigenvalue weighted by Gasteiger charge is -2.24. The molecule has 1 aromatic heterocycles. The van der Waals surface area contributed by atoms with Gasteiger partial charge in [0.05, 0.1) is 11.2 Å². The molecule has 19 heavy (non-hydrogen) atoms. The number of anilines is 2. The second kappa shape index (κ2) is 5.35. The highest BCUT2D eigenvalue weighted by molar-refractivity contribution is 9.10. The number of benzene rings is 1. The first-order valence-corrected chi connectivity index (χ1v) is 7.21. The molecule has 100 valence electrons. The van der Waals surface area contributed by atoms with E-state index in [2.05, 4.69) is 26.2 Å². The largest absolute Gasteiger partial charge is 0.398 e. The Morgan fingerprint density at radius 2 is 2.11 bits per heavy atom. The van der Waals surface area contributed by atoms with E-state index in [1.165, 1.54) is 0 Å². The SMILES string of the molecule is Nc1ccc(NC2CCOCC2)c2ncc(Br)cc12. The quantitative estimate of drug-likeness (QED) is 0.834. The molecule has 1 saturated heterocycles. The van der Waals surface area contributed by atoms with Crippen LogP contribution in [0, 0.1) is 0 Å². The smallest absolute Gasteiger partial charge is 0.0954 e. The third-order valence-electron chi connectivity index (χ3n) is 3.43. The van der Waals surface area contributed by atoms with Crippen LogP contribution in [0.2, 0.25) is 0 Å². The van der Waals surface area contributed by atoms with Gasteiger partial charge in [-0.3, -0.25) is 4.98 Å². The first kappa shape index (κ1) is 12.7. The lowest BCUT2D eigenvalue weighted by molar-refractivity contribution is 0.0905.